The van der Waals surface area contributed by atoms with Crippen LogP contribution in [0.15, 0.2) is 48.5 Å². The van der Waals surface area contributed by atoms with Gasteiger partial charge in [-0.25, -0.2) is 4.98 Å². The van der Waals surface area contributed by atoms with Crippen molar-refractivity contribution in [3.8, 4) is 11.6 Å². The fraction of sp³-hybridized carbons (Fsp3) is 0.0833. The summed E-state index contributed by atoms with van der Waals surface area (Å²) >= 11 is 0. The molecule has 0 spiro atoms. The summed E-state index contributed by atoms with van der Waals surface area (Å²) in [4.78, 5) is 3.39. The van der Waals surface area contributed by atoms with E-state index >= 15 is 0 Å². The third-order valence-electron chi connectivity index (χ3n) is 1.98. The molecule has 0 fully saturated rings. The molecule has 2 rings (SSSR count). The van der Waals surface area contributed by atoms with E-state index in [-0.39, 0.29) is 5.88 Å². The second-order valence-electron chi connectivity index (χ2n) is 3.27. The number of aromatic nitrogens is 1. The lowest BCUT2D eigenvalue weighted by Gasteiger charge is -2.08. The van der Waals surface area contributed by atoms with Crippen LogP contribution < -0.4 is 4.74 Å². The molecule has 5 heteroatoms. The fourth-order valence-electron chi connectivity index (χ4n) is 1.24. The highest BCUT2D eigenvalue weighted by molar-refractivity contribution is 5.27. The van der Waals surface area contributed by atoms with Gasteiger partial charge in [0.2, 0.25) is 5.88 Å². The Labute approximate surface area is 95.7 Å². The Balaban J connectivity index is 2.23. The number of benzene rings is 1. The number of para-hydroxylation sites is 1. The van der Waals surface area contributed by atoms with Crippen LogP contribution in [0.5, 0.6) is 11.6 Å². The fourth-order valence-corrected chi connectivity index (χ4v) is 1.24. The number of halogens is 3. The Bertz CT molecular complexity index is 497. The van der Waals surface area contributed by atoms with Gasteiger partial charge >= 0.3 is 6.18 Å². The average molecular weight is 239 g/mol. The quantitative estimate of drug-likeness (QED) is 0.793. The summed E-state index contributed by atoms with van der Waals surface area (Å²) in [7, 11) is 0. The predicted molar refractivity (Wildman–Crippen MR) is 55.8 cm³/mol. The first-order valence-electron chi connectivity index (χ1n) is 4.83. The number of hydrogen-bond acceptors (Lipinski definition) is 2. The van der Waals surface area contributed by atoms with E-state index in [1.807, 2.05) is 0 Å². The Hall–Kier alpha value is -2.04. The van der Waals surface area contributed by atoms with Crippen molar-refractivity contribution in [2.24, 2.45) is 0 Å². The molecular formula is C12H8F3NO. The maximum Gasteiger partial charge on any atom is 0.433 e. The van der Waals surface area contributed by atoms with Crippen LogP contribution in [0.4, 0.5) is 13.2 Å². The van der Waals surface area contributed by atoms with Gasteiger partial charge in [0.05, 0.1) is 0 Å². The van der Waals surface area contributed by atoms with Gasteiger partial charge in [0.15, 0.2) is 0 Å². The zero-order chi connectivity index (χ0) is 12.3. The minimum atomic E-state index is -4.46. The molecule has 0 radical (unpaired) electrons. The van der Waals surface area contributed by atoms with Gasteiger partial charge in [-0.1, -0.05) is 24.3 Å². The first kappa shape index (κ1) is 11.4. The number of rotatable bonds is 2. The first-order valence-corrected chi connectivity index (χ1v) is 4.83. The third-order valence-corrected chi connectivity index (χ3v) is 1.98. The molecule has 0 aliphatic heterocycles. The Morgan fingerprint density at radius 3 is 2.24 bits per heavy atom. The molecule has 0 amide bonds. The zero-order valence-electron chi connectivity index (χ0n) is 8.61. The summed E-state index contributed by atoms with van der Waals surface area (Å²) in [5.41, 5.74) is -0.967. The molecule has 88 valence electrons. The normalized spacial score (nSPS) is 11.2. The number of nitrogens with zero attached hydrogens (tertiary/aromatic N) is 1. The van der Waals surface area contributed by atoms with Crippen LogP contribution in [0.3, 0.4) is 0 Å². The second-order valence-corrected chi connectivity index (χ2v) is 3.27. The molecule has 1 heterocycles. The van der Waals surface area contributed by atoms with Gasteiger partial charge in [-0.15, -0.1) is 0 Å². The smallest absolute Gasteiger partial charge is 0.433 e. The Morgan fingerprint density at radius 2 is 1.59 bits per heavy atom. The molecular weight excluding hydrogens is 231 g/mol. The van der Waals surface area contributed by atoms with E-state index in [2.05, 4.69) is 4.98 Å². The highest BCUT2D eigenvalue weighted by Gasteiger charge is 2.32. The maximum absolute atomic E-state index is 12.4. The van der Waals surface area contributed by atoms with Crippen LogP contribution in [0.1, 0.15) is 5.69 Å². The van der Waals surface area contributed by atoms with Gasteiger partial charge in [0, 0.05) is 6.07 Å². The van der Waals surface area contributed by atoms with Gasteiger partial charge in [0.25, 0.3) is 0 Å². The summed E-state index contributed by atoms with van der Waals surface area (Å²) in [5, 5.41) is 0. The van der Waals surface area contributed by atoms with E-state index in [0.29, 0.717) is 5.75 Å². The van der Waals surface area contributed by atoms with Crippen molar-refractivity contribution < 1.29 is 17.9 Å². The van der Waals surface area contributed by atoms with Crippen LogP contribution in [0.25, 0.3) is 0 Å². The standard InChI is InChI=1S/C12H8F3NO/c13-12(14,15)10-7-4-8-11(16-10)17-9-5-2-1-3-6-9/h1-8H. The van der Waals surface area contributed by atoms with Crippen LogP contribution in [-0.2, 0) is 6.18 Å². The van der Waals surface area contributed by atoms with Gasteiger partial charge in [0.1, 0.15) is 11.4 Å². The number of hydrogen-bond donors (Lipinski definition) is 0. The van der Waals surface area contributed by atoms with Gasteiger partial charge in [-0.05, 0) is 18.2 Å². The van der Waals surface area contributed by atoms with Crippen molar-refractivity contribution >= 4 is 0 Å². The van der Waals surface area contributed by atoms with E-state index in [9.17, 15) is 13.2 Å². The van der Waals surface area contributed by atoms with Gasteiger partial charge < -0.3 is 4.74 Å². The van der Waals surface area contributed by atoms with Crippen molar-refractivity contribution in [3.05, 3.63) is 54.2 Å². The van der Waals surface area contributed by atoms with Crippen molar-refractivity contribution in [2.75, 3.05) is 0 Å². The Morgan fingerprint density at radius 1 is 0.882 bits per heavy atom. The van der Waals surface area contributed by atoms with Crippen LogP contribution in [0.2, 0.25) is 0 Å². The number of ether oxygens (including phenoxy) is 1. The SMILES string of the molecule is FC(F)(F)c1cccc(Oc2ccccc2)n1. The topological polar surface area (TPSA) is 22.1 Å². The average Bonchev–Trinajstić information content (AvgIpc) is 2.29. The molecule has 0 saturated heterocycles. The number of alkyl halides is 3. The molecule has 1 aromatic carbocycles. The van der Waals surface area contributed by atoms with E-state index in [1.54, 1.807) is 30.3 Å². The van der Waals surface area contributed by atoms with E-state index in [0.717, 1.165) is 6.07 Å². The molecule has 0 bridgehead atoms. The molecule has 0 atom stereocenters. The van der Waals surface area contributed by atoms with Crippen molar-refractivity contribution in [3.63, 3.8) is 0 Å². The van der Waals surface area contributed by atoms with E-state index in [4.69, 9.17) is 4.74 Å². The number of pyridine rings is 1. The summed E-state index contributed by atoms with van der Waals surface area (Å²) in [6.45, 7) is 0. The predicted octanol–water partition coefficient (Wildman–Crippen LogP) is 3.89. The van der Waals surface area contributed by atoms with Crippen LogP contribution in [0, 0.1) is 0 Å². The van der Waals surface area contributed by atoms with Gasteiger partial charge in [-0.2, -0.15) is 13.2 Å². The molecule has 0 saturated carbocycles. The molecule has 0 unspecified atom stereocenters. The first-order chi connectivity index (χ1) is 8.05. The van der Waals surface area contributed by atoms with Crippen molar-refractivity contribution in [2.45, 2.75) is 6.18 Å². The molecule has 2 aromatic rings. The summed E-state index contributed by atoms with van der Waals surface area (Å²) in [5.74, 6) is 0.366. The van der Waals surface area contributed by atoms with Crippen molar-refractivity contribution in [1.29, 1.82) is 0 Å². The molecule has 0 aliphatic rings. The zero-order valence-corrected chi connectivity index (χ0v) is 8.61. The monoisotopic (exact) mass is 239 g/mol. The minimum absolute atomic E-state index is 0.0778. The summed E-state index contributed by atoms with van der Waals surface area (Å²) in [6.07, 6.45) is -4.46. The van der Waals surface area contributed by atoms with Crippen molar-refractivity contribution in [1.82, 2.24) is 4.98 Å². The molecule has 17 heavy (non-hydrogen) atoms. The van der Waals surface area contributed by atoms with Crippen LogP contribution in [-0.4, -0.2) is 4.98 Å². The summed E-state index contributed by atoms with van der Waals surface area (Å²) < 4.78 is 42.4. The largest absolute Gasteiger partial charge is 0.439 e. The summed E-state index contributed by atoms with van der Waals surface area (Å²) in [6, 6.07) is 12.1. The maximum atomic E-state index is 12.4. The minimum Gasteiger partial charge on any atom is -0.439 e. The highest BCUT2D eigenvalue weighted by atomic mass is 19.4. The molecule has 0 N–H and O–H groups in total. The lowest BCUT2D eigenvalue weighted by molar-refractivity contribution is -0.141. The molecule has 2 nitrogen and oxygen atoms in total. The third kappa shape index (κ3) is 2.96. The highest BCUT2D eigenvalue weighted by Crippen LogP contribution is 2.29. The van der Waals surface area contributed by atoms with E-state index in [1.165, 1.54) is 12.1 Å². The molecule has 0 aliphatic carbocycles. The lowest BCUT2D eigenvalue weighted by Crippen LogP contribution is -2.07. The molecule has 1 aromatic heterocycles. The van der Waals surface area contributed by atoms with Crippen LogP contribution >= 0.6 is 0 Å². The second kappa shape index (κ2) is 4.45. The van der Waals surface area contributed by atoms with E-state index < -0.39 is 11.9 Å². The Kier molecular flexibility index (Phi) is 2.99. The van der Waals surface area contributed by atoms with Gasteiger partial charge in [-0.3, -0.25) is 0 Å². The lowest BCUT2D eigenvalue weighted by atomic mass is 10.3.